The Labute approximate surface area is 64.8 Å². The molecule has 0 saturated carbocycles. The van der Waals surface area contributed by atoms with Crippen LogP contribution >= 0.6 is 0 Å². The van der Waals surface area contributed by atoms with E-state index in [0.29, 0.717) is 13.0 Å². The van der Waals surface area contributed by atoms with E-state index in [1.165, 1.54) is 6.08 Å². The Morgan fingerprint density at radius 3 is 2.91 bits per heavy atom. The molecule has 1 heterocycles. The fraction of sp³-hybridized carbons (Fsp3) is 0.429. The van der Waals surface area contributed by atoms with Gasteiger partial charge in [-0.3, -0.25) is 9.59 Å². The molecule has 1 saturated heterocycles. The van der Waals surface area contributed by atoms with E-state index in [-0.39, 0.29) is 11.8 Å². The van der Waals surface area contributed by atoms with E-state index in [1.54, 1.807) is 13.0 Å². The lowest BCUT2D eigenvalue weighted by atomic mass is 10.4. The van der Waals surface area contributed by atoms with Gasteiger partial charge in [-0.25, -0.2) is 10.4 Å². The monoisotopic (exact) mass is 154 g/mol. The molecule has 1 aliphatic rings. The predicted octanol–water partition coefficient (Wildman–Crippen LogP) is -0.174. The van der Waals surface area contributed by atoms with E-state index in [2.05, 4.69) is 5.43 Å². The molecular weight excluding hydrogens is 144 g/mol. The number of allylic oxidation sites excluding steroid dienone is 1. The molecule has 1 rings (SSSR count). The van der Waals surface area contributed by atoms with Crippen molar-refractivity contribution in [3.8, 4) is 0 Å². The minimum absolute atomic E-state index is 0.159. The third kappa shape index (κ3) is 1.65. The van der Waals surface area contributed by atoms with Crippen LogP contribution in [0.2, 0.25) is 0 Å². The summed E-state index contributed by atoms with van der Waals surface area (Å²) in [5.74, 6) is -0.455. The van der Waals surface area contributed by atoms with Crippen LogP contribution in [0.5, 0.6) is 0 Å². The summed E-state index contributed by atoms with van der Waals surface area (Å²) in [6, 6.07) is 0. The Kier molecular flexibility index (Phi) is 2.38. The minimum atomic E-state index is -0.296. The second-order valence-electron chi connectivity index (χ2n) is 2.23. The van der Waals surface area contributed by atoms with Gasteiger partial charge in [0.1, 0.15) is 0 Å². The number of rotatable bonds is 1. The summed E-state index contributed by atoms with van der Waals surface area (Å²) in [7, 11) is 0. The predicted molar refractivity (Wildman–Crippen MR) is 39.3 cm³/mol. The lowest BCUT2D eigenvalue weighted by Gasteiger charge is -2.09. The fourth-order valence-electron chi connectivity index (χ4n) is 0.893. The summed E-state index contributed by atoms with van der Waals surface area (Å²) in [6.45, 7) is 2.29. The van der Waals surface area contributed by atoms with Crippen molar-refractivity contribution in [3.05, 3.63) is 12.2 Å². The molecule has 11 heavy (non-hydrogen) atoms. The molecule has 0 atom stereocenters. The summed E-state index contributed by atoms with van der Waals surface area (Å²) >= 11 is 0. The highest BCUT2D eigenvalue weighted by molar-refractivity contribution is 6.01. The normalized spacial score (nSPS) is 18.3. The van der Waals surface area contributed by atoms with Gasteiger partial charge in [0.2, 0.25) is 5.91 Å². The zero-order chi connectivity index (χ0) is 8.27. The highest BCUT2D eigenvalue weighted by Crippen LogP contribution is 1.99. The third-order valence-electron chi connectivity index (χ3n) is 1.39. The zero-order valence-corrected chi connectivity index (χ0v) is 6.33. The largest absolute Gasteiger partial charge is 0.273 e. The maximum Gasteiger partial charge on any atom is 0.267 e. The Balaban J connectivity index is 2.59. The quantitative estimate of drug-likeness (QED) is 0.533. The van der Waals surface area contributed by atoms with Crippen LogP contribution in [0.1, 0.15) is 13.3 Å². The number of nitrogens with one attached hydrogen (secondary N) is 1. The van der Waals surface area contributed by atoms with E-state index in [9.17, 15) is 9.59 Å². The van der Waals surface area contributed by atoms with Crippen molar-refractivity contribution >= 4 is 11.8 Å². The van der Waals surface area contributed by atoms with Crippen molar-refractivity contribution in [1.29, 1.82) is 0 Å². The summed E-state index contributed by atoms with van der Waals surface area (Å²) in [4.78, 5) is 21.9. The van der Waals surface area contributed by atoms with Crippen molar-refractivity contribution in [2.45, 2.75) is 13.3 Å². The summed E-state index contributed by atoms with van der Waals surface area (Å²) < 4.78 is 0. The number of hydrazine groups is 1. The van der Waals surface area contributed by atoms with E-state index in [0.717, 1.165) is 5.01 Å². The molecule has 0 spiro atoms. The standard InChI is InChI=1S/C7H10N2O2/c1-2-3-6(10)9-7(11)4-5-8-9/h2-3,8H,4-5H2,1H3/b3-2+. The van der Waals surface area contributed by atoms with Crippen molar-refractivity contribution in [3.63, 3.8) is 0 Å². The van der Waals surface area contributed by atoms with Gasteiger partial charge in [0.05, 0.1) is 0 Å². The number of imide groups is 1. The van der Waals surface area contributed by atoms with Crippen LogP contribution in [0.4, 0.5) is 0 Å². The molecule has 0 radical (unpaired) electrons. The van der Waals surface area contributed by atoms with Gasteiger partial charge in [-0.05, 0) is 6.92 Å². The maximum absolute atomic E-state index is 11.0. The Bertz CT molecular complexity index is 210. The first-order valence-electron chi connectivity index (χ1n) is 3.49. The van der Waals surface area contributed by atoms with Crippen molar-refractivity contribution in [2.75, 3.05) is 6.54 Å². The Hall–Kier alpha value is -1.16. The lowest BCUT2D eigenvalue weighted by molar-refractivity contribution is -0.141. The third-order valence-corrected chi connectivity index (χ3v) is 1.39. The minimum Gasteiger partial charge on any atom is -0.273 e. The first-order chi connectivity index (χ1) is 5.25. The van der Waals surface area contributed by atoms with Crippen LogP contribution in [0.3, 0.4) is 0 Å². The molecule has 0 unspecified atom stereocenters. The highest BCUT2D eigenvalue weighted by Gasteiger charge is 2.23. The highest BCUT2D eigenvalue weighted by atomic mass is 16.2. The smallest absolute Gasteiger partial charge is 0.267 e. The molecule has 0 bridgehead atoms. The van der Waals surface area contributed by atoms with Crippen LogP contribution in [-0.2, 0) is 9.59 Å². The molecule has 0 aromatic carbocycles. The van der Waals surface area contributed by atoms with E-state index >= 15 is 0 Å². The molecule has 4 heteroatoms. The number of carbonyl (C=O) groups excluding carboxylic acids is 2. The number of amides is 2. The van der Waals surface area contributed by atoms with E-state index < -0.39 is 0 Å². The number of hydrogen-bond donors (Lipinski definition) is 1. The number of nitrogens with zero attached hydrogens (tertiary/aromatic N) is 1. The van der Waals surface area contributed by atoms with Crippen LogP contribution in [0, 0.1) is 0 Å². The second-order valence-corrected chi connectivity index (χ2v) is 2.23. The van der Waals surface area contributed by atoms with Crippen molar-refractivity contribution in [2.24, 2.45) is 0 Å². The van der Waals surface area contributed by atoms with Gasteiger partial charge < -0.3 is 0 Å². The molecule has 1 N–H and O–H groups in total. The maximum atomic E-state index is 11.0. The van der Waals surface area contributed by atoms with E-state index in [4.69, 9.17) is 0 Å². The first-order valence-corrected chi connectivity index (χ1v) is 3.49. The van der Waals surface area contributed by atoms with Crippen LogP contribution in [0.25, 0.3) is 0 Å². The molecule has 0 aromatic rings. The number of carbonyl (C=O) groups is 2. The molecule has 4 nitrogen and oxygen atoms in total. The van der Waals surface area contributed by atoms with Crippen LogP contribution in [-0.4, -0.2) is 23.4 Å². The topological polar surface area (TPSA) is 49.4 Å². The Morgan fingerprint density at radius 2 is 2.45 bits per heavy atom. The average molecular weight is 154 g/mol. The van der Waals surface area contributed by atoms with Gasteiger partial charge in [-0.1, -0.05) is 6.08 Å². The summed E-state index contributed by atoms with van der Waals surface area (Å²) in [5, 5.41) is 1.04. The van der Waals surface area contributed by atoms with Crippen LogP contribution in [0.15, 0.2) is 12.2 Å². The van der Waals surface area contributed by atoms with Gasteiger partial charge in [0, 0.05) is 19.0 Å². The van der Waals surface area contributed by atoms with Crippen molar-refractivity contribution < 1.29 is 9.59 Å². The molecular formula is C7H10N2O2. The molecule has 0 aromatic heterocycles. The Morgan fingerprint density at radius 1 is 1.73 bits per heavy atom. The molecule has 1 aliphatic heterocycles. The lowest BCUT2D eigenvalue weighted by Crippen LogP contribution is -2.38. The van der Waals surface area contributed by atoms with Gasteiger partial charge in [-0.2, -0.15) is 0 Å². The molecule has 0 aliphatic carbocycles. The zero-order valence-electron chi connectivity index (χ0n) is 6.33. The van der Waals surface area contributed by atoms with Gasteiger partial charge in [0.25, 0.3) is 5.91 Å². The van der Waals surface area contributed by atoms with Crippen LogP contribution < -0.4 is 5.43 Å². The number of hydrogen-bond acceptors (Lipinski definition) is 3. The van der Waals surface area contributed by atoms with Crippen molar-refractivity contribution in [1.82, 2.24) is 10.4 Å². The molecule has 2 amide bonds. The van der Waals surface area contributed by atoms with E-state index in [1.807, 2.05) is 0 Å². The van der Waals surface area contributed by atoms with Gasteiger partial charge >= 0.3 is 0 Å². The molecule has 60 valence electrons. The summed E-state index contributed by atoms with van der Waals surface area (Å²) in [6.07, 6.45) is 3.37. The SMILES string of the molecule is C/C=C/C(=O)N1NCCC1=O. The first kappa shape index (κ1) is 7.94. The van der Waals surface area contributed by atoms with Gasteiger partial charge in [0.15, 0.2) is 0 Å². The second kappa shape index (κ2) is 3.30. The van der Waals surface area contributed by atoms with Gasteiger partial charge in [-0.15, -0.1) is 0 Å². The fourth-order valence-corrected chi connectivity index (χ4v) is 0.893. The molecule has 1 fully saturated rings. The average Bonchev–Trinajstić information content (AvgIpc) is 2.36. The summed E-state index contributed by atoms with van der Waals surface area (Å²) in [5.41, 5.74) is 2.67.